The van der Waals surface area contributed by atoms with Crippen LogP contribution in [0, 0.1) is 48.1 Å². The fourth-order valence-electron chi connectivity index (χ4n) is 11.9. The molecule has 6 aromatic rings. The van der Waals surface area contributed by atoms with E-state index in [9.17, 15) is 19.0 Å². The van der Waals surface area contributed by atoms with Crippen molar-refractivity contribution in [1.82, 2.24) is 19.6 Å². The average molecular weight is 1280 g/mol. The fourth-order valence-corrected chi connectivity index (χ4v) is 11.9. The van der Waals surface area contributed by atoms with Crippen molar-refractivity contribution < 1.29 is 29.1 Å². The molecule has 3 fully saturated rings. The summed E-state index contributed by atoms with van der Waals surface area (Å²) >= 11 is 4.93. The number of aliphatic hydroxyl groups excluding tert-OH is 2. The zero-order valence-electron chi connectivity index (χ0n) is 41.8. The quantitative estimate of drug-likeness (QED) is 0.0904. The van der Waals surface area contributed by atoms with E-state index in [0.29, 0.717) is 0 Å². The van der Waals surface area contributed by atoms with Crippen LogP contribution in [0.15, 0.2) is 139 Å². The summed E-state index contributed by atoms with van der Waals surface area (Å²) in [7, 11) is 0.0650. The number of fused-ring (bicyclic) bond motifs is 4. The fraction of sp³-hybridized carbons (Fsp3) is 0.397. The van der Waals surface area contributed by atoms with Crippen molar-refractivity contribution in [2.24, 2.45) is 22.7 Å². The van der Waals surface area contributed by atoms with Gasteiger partial charge < -0.3 is 24.1 Å². The van der Waals surface area contributed by atoms with Crippen LogP contribution in [0.3, 0.4) is 0 Å². The summed E-state index contributed by atoms with van der Waals surface area (Å²) in [5, 5.41) is 32.4. The van der Waals surface area contributed by atoms with Gasteiger partial charge in [-0.15, -0.1) is 0 Å². The third kappa shape index (κ3) is 13.2. The zero-order valence-corrected chi connectivity index (χ0v) is 49.1. The Balaban J connectivity index is 0.000000272. The van der Waals surface area contributed by atoms with Gasteiger partial charge in [-0.05, 0) is 175 Å². The zero-order chi connectivity index (χ0) is 50.9. The molecule has 3 saturated carbocycles. The molecule has 4 aromatic carbocycles. The van der Waals surface area contributed by atoms with Crippen LogP contribution in [0.25, 0.3) is 29.1 Å². The van der Waals surface area contributed by atoms with Crippen LogP contribution in [0.1, 0.15) is 141 Å². The number of rotatable bonds is 8. The van der Waals surface area contributed by atoms with Gasteiger partial charge in [-0.3, -0.25) is 0 Å². The number of aliphatic hydroxyl groups is 2. The van der Waals surface area contributed by atoms with Crippen molar-refractivity contribution in [3.63, 3.8) is 0 Å². The van der Waals surface area contributed by atoms with Gasteiger partial charge in [0.2, 0.25) is 0 Å². The van der Waals surface area contributed by atoms with Crippen molar-refractivity contribution in [3.8, 4) is 11.4 Å². The summed E-state index contributed by atoms with van der Waals surface area (Å²) in [5.41, 5.74) is 11.8. The van der Waals surface area contributed by atoms with E-state index >= 15 is 0 Å². The average Bonchev–Trinajstić information content (AvgIpc) is 3.97. The van der Waals surface area contributed by atoms with Gasteiger partial charge in [-0.2, -0.15) is 23.5 Å². The molecule has 0 unspecified atom stereocenters. The molecule has 396 valence electrons. The molecule has 0 radical (unpaired) electrons. The number of nitrogens with zero attached hydrogens (tertiary/aromatic N) is 4. The third-order valence-corrected chi connectivity index (χ3v) is 15.6. The van der Waals surface area contributed by atoms with E-state index in [2.05, 4.69) is 126 Å². The Morgan fingerprint density at radius 2 is 1.09 bits per heavy atom. The molecule has 0 saturated heterocycles. The molecule has 2 heterocycles. The molecule has 5 aliphatic rings. The molecule has 2 aromatic heterocycles. The second-order valence-electron chi connectivity index (χ2n) is 19.8. The normalized spacial score (nSPS) is 21.8. The third-order valence-electron chi connectivity index (χ3n) is 15.6. The first-order chi connectivity index (χ1) is 34.3. The number of benzene rings is 4. The van der Waals surface area contributed by atoms with Crippen LogP contribution in [0.5, 0.6) is 0 Å². The first-order valence-corrected chi connectivity index (χ1v) is 43.3. The van der Waals surface area contributed by atoms with Crippen LogP contribution in [0.2, 0.25) is 0 Å². The Morgan fingerprint density at radius 1 is 0.703 bits per heavy atom. The number of aromatic nitrogens is 4. The van der Waals surface area contributed by atoms with Gasteiger partial charge in [0.15, 0.2) is 0 Å². The van der Waals surface area contributed by atoms with Crippen molar-refractivity contribution in [2.75, 3.05) is 0 Å². The first-order valence-electron chi connectivity index (χ1n) is 25.2. The van der Waals surface area contributed by atoms with E-state index in [1.165, 1.54) is 52.1 Å². The van der Waals surface area contributed by atoms with Crippen molar-refractivity contribution in [3.05, 3.63) is 198 Å². The predicted molar refractivity (Wildman–Crippen MR) is 321 cm³/mol. The van der Waals surface area contributed by atoms with Crippen LogP contribution in [-0.4, -0.2) is 42.0 Å². The maximum absolute atomic E-state index is 13.4. The van der Waals surface area contributed by atoms with Crippen LogP contribution in [0.4, 0.5) is 8.78 Å². The molecule has 2 N–H and O–H groups in total. The molecular weight excluding hydrogens is 1200 g/mol. The van der Waals surface area contributed by atoms with Gasteiger partial charge in [0.1, 0.15) is 11.6 Å². The van der Waals surface area contributed by atoms with Crippen molar-refractivity contribution >= 4 is 57.2 Å². The maximum atomic E-state index is 13.4. The van der Waals surface area contributed by atoms with Gasteiger partial charge >= 0.3 is 49.6 Å². The molecule has 6 atom stereocenters. The van der Waals surface area contributed by atoms with E-state index in [1.54, 1.807) is 31.2 Å². The summed E-state index contributed by atoms with van der Waals surface area (Å²) in [5.74, 6) is -0.161. The summed E-state index contributed by atoms with van der Waals surface area (Å²) in [6.07, 6.45) is 18.6. The van der Waals surface area contributed by atoms with E-state index in [-0.39, 0.29) is 78.2 Å². The topological polar surface area (TPSA) is 76.1 Å². The van der Waals surface area contributed by atoms with Gasteiger partial charge in [-0.1, -0.05) is 121 Å². The molecule has 0 aliphatic heterocycles. The minimum absolute atomic E-state index is 0. The summed E-state index contributed by atoms with van der Waals surface area (Å²) in [6, 6.07) is 33.5. The summed E-state index contributed by atoms with van der Waals surface area (Å²) < 4.78 is 30.6. The number of hydrogen-bond acceptors (Lipinski definition) is 4. The summed E-state index contributed by atoms with van der Waals surface area (Å²) in [4.78, 5) is 0. The Bertz CT molecular complexity index is 2750. The van der Waals surface area contributed by atoms with Gasteiger partial charge in [0.25, 0.3) is 0 Å². The molecule has 0 bridgehead atoms. The van der Waals surface area contributed by atoms with Gasteiger partial charge in [0, 0.05) is 5.41 Å². The standard InChI is InChI=1S/C28H29FN2O.C27H27FN2O.C3H7.C2H5.3CH4.2HI.Zn/c1-27-17-19-18-30-31(23-12-10-22(29)11-13-23)25(19)16-21(27)8-5-9-24(27)26(32)28(14-15-28)20-6-3-2-4-7-20;1-18(19-7-4-3-5-8-19)26(31)24-10-6-9-21-15-25-20(16-27(21,24)2)17-29-30(25)23-13-11-22(28)12-14-23;1-3-2;1-2;;;;;;/h2-4,6-7,10-13,16,18,24,26,32H,5,8-9,14-15,17H2,1H3;3-5,7-8,11-15,17,24,26,31H,1,6,9-10,16H2,2H3;1,3H2,2H3;1H2,2H3;3*1H4;2*1H;/q;;2*-1;;;;;;+2/p-2/t24-,26-,27+;24-,26+,27+;;;;;;;;/m11......../s1. The minimum atomic E-state index is -0.593. The molecular formula is C63H80F2I2N4O2Zn-2. The van der Waals surface area contributed by atoms with Gasteiger partial charge in [0.05, 0.1) is 47.4 Å². The number of allylic oxidation sites excluding steroid dienone is 2. The van der Waals surface area contributed by atoms with Crippen LogP contribution < -0.4 is 0 Å². The summed E-state index contributed by atoms with van der Waals surface area (Å²) in [6.45, 7) is 19.4. The number of halogens is 4. The van der Waals surface area contributed by atoms with Crippen LogP contribution >= 0.6 is 39.5 Å². The predicted octanol–water partition coefficient (Wildman–Crippen LogP) is 17.4. The second-order valence-corrected chi connectivity index (χ2v) is 43.3. The van der Waals surface area contributed by atoms with E-state index in [0.717, 1.165) is 105 Å². The monoisotopic (exact) mass is 1280 g/mol. The molecule has 6 nitrogen and oxygen atoms in total. The Labute approximate surface area is 472 Å². The first kappa shape index (κ1) is 62.9. The van der Waals surface area contributed by atoms with Crippen molar-refractivity contribution in [2.45, 2.75) is 138 Å². The molecule has 5 aliphatic carbocycles. The SMILES string of the molecule is C.C.C.C=C(c1ccccc1)[C@H](O)[C@H]1CCCC2=Cc3c(cnn3-c3ccc(F)cc3)C[C@@]21C.C[C@]12Cc3cnn(-c4ccc(F)cc4)c3C=C1CCC[C@@H]2[C@@H](O)C1(c2ccccc2)CC1.[CH2-]C.[CH2-]CC.[I][Zn][I]. The van der Waals surface area contributed by atoms with E-state index < -0.39 is 6.10 Å². The number of hydrogen-bond donors (Lipinski definition) is 2. The molecule has 0 spiro atoms. The molecule has 74 heavy (non-hydrogen) atoms. The van der Waals surface area contributed by atoms with Crippen LogP contribution in [-0.2, 0) is 28.4 Å². The Morgan fingerprint density at radius 3 is 1.51 bits per heavy atom. The van der Waals surface area contributed by atoms with E-state index in [4.69, 9.17) is 0 Å². The molecule has 11 rings (SSSR count). The second kappa shape index (κ2) is 28.1. The Hall–Kier alpha value is -3.62. The van der Waals surface area contributed by atoms with Crippen molar-refractivity contribution in [1.29, 1.82) is 0 Å². The molecule has 11 heteroatoms. The van der Waals surface area contributed by atoms with E-state index in [1.807, 2.05) is 59.0 Å². The molecule has 0 amide bonds. The van der Waals surface area contributed by atoms with Gasteiger partial charge in [-0.25, -0.2) is 18.1 Å². The Kier molecular flexibility index (Phi) is 23.9.